The maximum atomic E-state index is 11.5. The zero-order chi connectivity index (χ0) is 12.8. The first-order valence-electron chi connectivity index (χ1n) is 5.66. The quantitative estimate of drug-likeness (QED) is 0.759. The van der Waals surface area contributed by atoms with Gasteiger partial charge in [0.05, 0.1) is 6.54 Å². The number of nitrogens with one attached hydrogen (secondary N) is 2. The molecule has 0 unspecified atom stereocenters. The van der Waals surface area contributed by atoms with Gasteiger partial charge >= 0.3 is 0 Å². The lowest BCUT2D eigenvalue weighted by atomic mass is 9.99. The number of carbonyl (C=O) groups excluding carboxylic acids is 2. The molecule has 17 heavy (non-hydrogen) atoms. The minimum Gasteiger partial charge on any atom is -0.350 e. The molecule has 0 spiro atoms. The summed E-state index contributed by atoms with van der Waals surface area (Å²) in [7, 11) is 0. The maximum Gasteiger partial charge on any atom is 0.243 e. The van der Waals surface area contributed by atoms with Gasteiger partial charge in [-0.1, -0.05) is 13.0 Å². The molecule has 2 amide bonds. The van der Waals surface area contributed by atoms with Gasteiger partial charge in [0, 0.05) is 5.69 Å². The first kappa shape index (κ1) is 13.2. The topological polar surface area (TPSA) is 58.2 Å². The van der Waals surface area contributed by atoms with Crippen molar-refractivity contribution in [3.63, 3.8) is 0 Å². The average Bonchev–Trinajstić information content (AvgIpc) is 2.32. The van der Waals surface area contributed by atoms with E-state index in [0.29, 0.717) is 6.41 Å². The Kier molecular flexibility index (Phi) is 4.69. The largest absolute Gasteiger partial charge is 0.350 e. The zero-order valence-electron chi connectivity index (χ0n) is 10.5. The summed E-state index contributed by atoms with van der Waals surface area (Å²) in [4.78, 5) is 21.6. The summed E-state index contributed by atoms with van der Waals surface area (Å²) >= 11 is 0. The predicted molar refractivity (Wildman–Crippen MR) is 68.0 cm³/mol. The van der Waals surface area contributed by atoms with Crippen molar-refractivity contribution < 1.29 is 9.59 Å². The van der Waals surface area contributed by atoms with Crippen molar-refractivity contribution in [3.8, 4) is 0 Å². The van der Waals surface area contributed by atoms with Crippen molar-refractivity contribution in [3.05, 3.63) is 28.8 Å². The molecule has 0 atom stereocenters. The van der Waals surface area contributed by atoms with Crippen LogP contribution in [0.2, 0.25) is 0 Å². The molecule has 0 radical (unpaired) electrons. The molecule has 0 saturated heterocycles. The van der Waals surface area contributed by atoms with Crippen molar-refractivity contribution in [2.75, 3.05) is 11.9 Å². The first-order valence-corrected chi connectivity index (χ1v) is 5.66. The van der Waals surface area contributed by atoms with Crippen LogP contribution in [0, 0.1) is 13.8 Å². The summed E-state index contributed by atoms with van der Waals surface area (Å²) in [5, 5.41) is 5.14. The van der Waals surface area contributed by atoms with Gasteiger partial charge in [-0.2, -0.15) is 0 Å². The second-order valence-corrected chi connectivity index (χ2v) is 3.93. The molecular weight excluding hydrogens is 216 g/mol. The van der Waals surface area contributed by atoms with Gasteiger partial charge < -0.3 is 10.6 Å². The third kappa shape index (κ3) is 3.31. The highest BCUT2D eigenvalue weighted by Gasteiger charge is 2.08. The Morgan fingerprint density at radius 1 is 1.35 bits per heavy atom. The Bertz CT molecular complexity index is 428. The van der Waals surface area contributed by atoms with Crippen LogP contribution in [-0.4, -0.2) is 18.9 Å². The Morgan fingerprint density at radius 3 is 2.65 bits per heavy atom. The van der Waals surface area contributed by atoms with E-state index in [1.807, 2.05) is 26.0 Å². The molecular formula is C13H18N2O2. The van der Waals surface area contributed by atoms with Gasteiger partial charge in [0.2, 0.25) is 12.3 Å². The monoisotopic (exact) mass is 234 g/mol. The van der Waals surface area contributed by atoms with Gasteiger partial charge in [-0.05, 0) is 43.0 Å². The number of benzene rings is 1. The van der Waals surface area contributed by atoms with Crippen LogP contribution >= 0.6 is 0 Å². The molecule has 92 valence electrons. The second-order valence-electron chi connectivity index (χ2n) is 3.93. The van der Waals surface area contributed by atoms with Crippen LogP contribution in [-0.2, 0) is 16.0 Å². The Hall–Kier alpha value is -1.84. The van der Waals surface area contributed by atoms with Gasteiger partial charge in [-0.3, -0.25) is 9.59 Å². The Balaban J connectivity index is 2.87. The number of hydrogen-bond donors (Lipinski definition) is 2. The summed E-state index contributed by atoms with van der Waals surface area (Å²) in [5.74, 6) is -0.213. The summed E-state index contributed by atoms with van der Waals surface area (Å²) in [6.45, 7) is 6.15. The van der Waals surface area contributed by atoms with E-state index in [9.17, 15) is 9.59 Å². The van der Waals surface area contributed by atoms with Gasteiger partial charge in [0.15, 0.2) is 0 Å². The summed E-state index contributed by atoms with van der Waals surface area (Å²) in [5.41, 5.74) is 4.39. The van der Waals surface area contributed by atoms with Gasteiger partial charge in [-0.25, -0.2) is 0 Å². The Labute approximate surface area is 101 Å². The van der Waals surface area contributed by atoms with E-state index in [2.05, 4.69) is 17.6 Å². The standard InChI is InChI=1S/C13H18N2O2/c1-4-11-10(3)9(2)5-6-12(11)15-13(17)7-14-8-16/h5-6,8H,4,7H2,1-3H3,(H,14,16)(H,15,17). The number of hydrogen-bond acceptors (Lipinski definition) is 2. The summed E-state index contributed by atoms with van der Waals surface area (Å²) in [6.07, 6.45) is 1.38. The molecule has 0 aliphatic carbocycles. The molecule has 4 nitrogen and oxygen atoms in total. The van der Waals surface area contributed by atoms with Crippen LogP contribution in [0.5, 0.6) is 0 Å². The molecule has 0 aliphatic rings. The van der Waals surface area contributed by atoms with Crippen LogP contribution < -0.4 is 10.6 Å². The number of amides is 2. The van der Waals surface area contributed by atoms with Crippen molar-refractivity contribution in [2.45, 2.75) is 27.2 Å². The second kappa shape index (κ2) is 6.03. The zero-order valence-corrected chi connectivity index (χ0v) is 10.5. The third-order valence-electron chi connectivity index (χ3n) is 2.84. The maximum absolute atomic E-state index is 11.5. The van der Waals surface area contributed by atoms with Crippen molar-refractivity contribution in [1.29, 1.82) is 0 Å². The Morgan fingerprint density at radius 2 is 2.06 bits per heavy atom. The van der Waals surface area contributed by atoms with Gasteiger partial charge in [0.1, 0.15) is 0 Å². The SMILES string of the molecule is CCc1c(NC(=O)CNC=O)ccc(C)c1C. The van der Waals surface area contributed by atoms with E-state index in [0.717, 1.165) is 17.7 Å². The van der Waals surface area contributed by atoms with E-state index in [1.165, 1.54) is 11.1 Å². The van der Waals surface area contributed by atoms with Crippen molar-refractivity contribution in [1.82, 2.24) is 5.32 Å². The minimum absolute atomic E-state index is 0.000418. The summed E-state index contributed by atoms with van der Waals surface area (Å²) < 4.78 is 0. The molecule has 4 heteroatoms. The van der Waals surface area contributed by atoms with Crippen LogP contribution in [0.4, 0.5) is 5.69 Å². The average molecular weight is 234 g/mol. The molecule has 0 aromatic heterocycles. The molecule has 0 aliphatic heterocycles. The number of aryl methyl sites for hydroxylation is 1. The molecule has 0 fully saturated rings. The van der Waals surface area contributed by atoms with Crippen molar-refractivity contribution in [2.24, 2.45) is 0 Å². The fourth-order valence-corrected chi connectivity index (χ4v) is 1.78. The molecule has 0 bridgehead atoms. The molecule has 0 heterocycles. The van der Waals surface area contributed by atoms with Crippen LogP contribution in [0.25, 0.3) is 0 Å². The smallest absolute Gasteiger partial charge is 0.243 e. The van der Waals surface area contributed by atoms with E-state index in [1.54, 1.807) is 0 Å². The van der Waals surface area contributed by atoms with E-state index >= 15 is 0 Å². The first-order chi connectivity index (χ1) is 8.10. The molecule has 0 saturated carbocycles. The molecule has 1 aromatic rings. The highest BCUT2D eigenvalue weighted by Crippen LogP contribution is 2.23. The van der Waals surface area contributed by atoms with Crippen LogP contribution in [0.1, 0.15) is 23.6 Å². The molecule has 1 rings (SSSR count). The van der Waals surface area contributed by atoms with E-state index < -0.39 is 0 Å². The molecule has 1 aromatic carbocycles. The van der Waals surface area contributed by atoms with Crippen LogP contribution in [0.15, 0.2) is 12.1 Å². The number of carbonyl (C=O) groups is 2. The molecule has 2 N–H and O–H groups in total. The lowest BCUT2D eigenvalue weighted by molar-refractivity contribution is -0.118. The summed E-state index contributed by atoms with van der Waals surface area (Å²) in [6, 6.07) is 3.89. The number of anilines is 1. The van der Waals surface area contributed by atoms with E-state index in [4.69, 9.17) is 0 Å². The minimum atomic E-state index is -0.213. The fourth-order valence-electron chi connectivity index (χ4n) is 1.78. The van der Waals surface area contributed by atoms with E-state index in [-0.39, 0.29) is 12.5 Å². The lowest BCUT2D eigenvalue weighted by Gasteiger charge is -2.14. The fraction of sp³-hybridized carbons (Fsp3) is 0.385. The van der Waals surface area contributed by atoms with Gasteiger partial charge in [-0.15, -0.1) is 0 Å². The van der Waals surface area contributed by atoms with Crippen molar-refractivity contribution >= 4 is 18.0 Å². The normalized spacial score (nSPS) is 9.82. The highest BCUT2D eigenvalue weighted by molar-refractivity contribution is 5.94. The van der Waals surface area contributed by atoms with Gasteiger partial charge in [0.25, 0.3) is 0 Å². The highest BCUT2D eigenvalue weighted by atomic mass is 16.2. The lowest BCUT2D eigenvalue weighted by Crippen LogP contribution is -2.27. The predicted octanol–water partition coefficient (Wildman–Crippen LogP) is 1.55. The number of rotatable bonds is 5. The van der Waals surface area contributed by atoms with Crippen LogP contribution in [0.3, 0.4) is 0 Å². The third-order valence-corrected chi connectivity index (χ3v) is 2.84.